The lowest BCUT2D eigenvalue weighted by Gasteiger charge is -2.03. The van der Waals surface area contributed by atoms with Crippen LogP contribution in [0.3, 0.4) is 0 Å². The topological polar surface area (TPSA) is 82.7 Å². The van der Waals surface area contributed by atoms with Crippen LogP contribution in [-0.2, 0) is 0 Å². The molecule has 5 rings (SSSR count). The standard InChI is InChI=1S/C19H14N6/c1-11-15-19(25(24-11)12-7-3-2-4-8-12)22-16-13-9-5-6-10-14(13)17(23-20)18(16)21-15/h2-10,20,24H,1H3. The Morgan fingerprint density at radius 2 is 1.60 bits per heavy atom. The van der Waals surface area contributed by atoms with Gasteiger partial charge in [0.25, 0.3) is 0 Å². The molecule has 0 aliphatic rings. The van der Waals surface area contributed by atoms with Gasteiger partial charge in [-0.2, -0.15) is 5.11 Å². The number of fused-ring (bicyclic) bond motifs is 4. The van der Waals surface area contributed by atoms with Crippen molar-refractivity contribution in [2.75, 3.05) is 0 Å². The van der Waals surface area contributed by atoms with Gasteiger partial charge in [-0.1, -0.05) is 42.5 Å². The predicted molar refractivity (Wildman–Crippen MR) is 97.8 cm³/mol. The summed E-state index contributed by atoms with van der Waals surface area (Å²) in [6.07, 6.45) is 0. The third-order valence-corrected chi connectivity index (χ3v) is 4.51. The Hall–Kier alpha value is -3.54. The Labute approximate surface area is 142 Å². The normalized spacial score (nSPS) is 11.6. The summed E-state index contributed by atoms with van der Waals surface area (Å²) in [4.78, 5) is 9.70. The van der Waals surface area contributed by atoms with Crippen molar-refractivity contribution >= 4 is 38.7 Å². The number of hydrogen-bond donors (Lipinski definition) is 2. The molecule has 2 heterocycles. The minimum absolute atomic E-state index is 0.576. The van der Waals surface area contributed by atoms with Crippen LogP contribution in [0.4, 0.5) is 5.69 Å². The Kier molecular flexibility index (Phi) is 2.76. The van der Waals surface area contributed by atoms with Crippen LogP contribution in [0.25, 0.3) is 38.7 Å². The average Bonchev–Trinajstić information content (AvgIpc) is 3.15. The summed E-state index contributed by atoms with van der Waals surface area (Å²) >= 11 is 0. The van der Waals surface area contributed by atoms with Gasteiger partial charge in [0.1, 0.15) is 22.2 Å². The van der Waals surface area contributed by atoms with Gasteiger partial charge in [-0.15, -0.1) is 0 Å². The van der Waals surface area contributed by atoms with Gasteiger partial charge in [-0.3, -0.25) is 5.10 Å². The van der Waals surface area contributed by atoms with E-state index >= 15 is 0 Å². The number of benzene rings is 2. The molecule has 120 valence electrons. The summed E-state index contributed by atoms with van der Waals surface area (Å²) in [5.41, 5.74) is 13.1. The largest absolute Gasteiger partial charge is 0.294 e. The van der Waals surface area contributed by atoms with Crippen LogP contribution < -0.4 is 0 Å². The first-order chi connectivity index (χ1) is 12.3. The first-order valence-corrected chi connectivity index (χ1v) is 8.00. The number of aromatic amines is 1. The van der Waals surface area contributed by atoms with Crippen LogP contribution in [0.5, 0.6) is 0 Å². The van der Waals surface area contributed by atoms with Crippen molar-refractivity contribution < 1.29 is 0 Å². The fourth-order valence-corrected chi connectivity index (χ4v) is 3.36. The smallest absolute Gasteiger partial charge is 0.180 e. The maximum atomic E-state index is 7.57. The first-order valence-electron chi connectivity index (χ1n) is 8.00. The quantitative estimate of drug-likeness (QED) is 0.446. The molecular weight excluding hydrogens is 312 g/mol. The molecule has 0 fully saturated rings. The van der Waals surface area contributed by atoms with Crippen molar-refractivity contribution in [3.8, 4) is 5.69 Å². The summed E-state index contributed by atoms with van der Waals surface area (Å²) in [5, 5.41) is 8.93. The molecule has 6 heteroatoms. The van der Waals surface area contributed by atoms with Gasteiger partial charge in [0.05, 0.1) is 11.4 Å². The lowest BCUT2D eigenvalue weighted by Crippen LogP contribution is -1.97. The van der Waals surface area contributed by atoms with Gasteiger partial charge >= 0.3 is 0 Å². The maximum Gasteiger partial charge on any atom is 0.180 e. The summed E-state index contributed by atoms with van der Waals surface area (Å²) in [7, 11) is 0. The molecule has 0 unspecified atom stereocenters. The molecule has 0 aliphatic carbocycles. The summed E-state index contributed by atoms with van der Waals surface area (Å²) in [6.45, 7) is 1.97. The van der Waals surface area contributed by atoms with Crippen molar-refractivity contribution in [2.45, 2.75) is 6.92 Å². The number of aryl methyl sites for hydroxylation is 1. The lowest BCUT2D eigenvalue weighted by molar-refractivity contribution is 0.879. The van der Waals surface area contributed by atoms with Crippen LogP contribution in [0.2, 0.25) is 0 Å². The predicted octanol–water partition coefficient (Wildman–Crippen LogP) is 5.03. The zero-order chi connectivity index (χ0) is 17.0. The number of rotatable bonds is 2. The van der Waals surface area contributed by atoms with Gasteiger partial charge in [0.2, 0.25) is 0 Å². The third kappa shape index (κ3) is 1.85. The highest BCUT2D eigenvalue weighted by Gasteiger charge is 2.18. The van der Waals surface area contributed by atoms with Crippen LogP contribution >= 0.6 is 0 Å². The highest BCUT2D eigenvalue weighted by Crippen LogP contribution is 2.38. The van der Waals surface area contributed by atoms with Gasteiger partial charge in [-0.05, 0) is 19.1 Å². The number of aromatic nitrogens is 4. The van der Waals surface area contributed by atoms with E-state index in [1.165, 1.54) is 0 Å². The molecule has 0 saturated carbocycles. The number of nitrogens with zero attached hydrogens (tertiary/aromatic N) is 4. The molecule has 0 saturated heterocycles. The minimum atomic E-state index is 0.576. The zero-order valence-electron chi connectivity index (χ0n) is 13.5. The highest BCUT2D eigenvalue weighted by molar-refractivity contribution is 6.18. The fourth-order valence-electron chi connectivity index (χ4n) is 3.36. The van der Waals surface area contributed by atoms with Crippen molar-refractivity contribution in [2.24, 2.45) is 5.11 Å². The molecule has 0 spiro atoms. The van der Waals surface area contributed by atoms with Crippen LogP contribution in [0.1, 0.15) is 5.69 Å². The Morgan fingerprint density at radius 3 is 2.36 bits per heavy atom. The Bertz CT molecular complexity index is 1260. The maximum absolute atomic E-state index is 7.57. The molecule has 2 N–H and O–H groups in total. The summed E-state index contributed by atoms with van der Waals surface area (Å²) in [6, 6.07) is 17.9. The van der Waals surface area contributed by atoms with Gasteiger partial charge in [0.15, 0.2) is 5.65 Å². The molecule has 2 aromatic heterocycles. The molecule has 0 bridgehead atoms. The monoisotopic (exact) mass is 326 g/mol. The van der Waals surface area contributed by atoms with E-state index in [0.717, 1.165) is 38.8 Å². The molecule has 0 aliphatic heterocycles. The van der Waals surface area contributed by atoms with Crippen molar-refractivity contribution in [1.29, 1.82) is 5.53 Å². The van der Waals surface area contributed by atoms with Gasteiger partial charge in [-0.25, -0.2) is 20.2 Å². The lowest BCUT2D eigenvalue weighted by atomic mass is 10.2. The van der Waals surface area contributed by atoms with E-state index in [2.05, 4.69) is 10.2 Å². The van der Waals surface area contributed by atoms with E-state index in [9.17, 15) is 0 Å². The molecule has 0 radical (unpaired) electrons. The average molecular weight is 326 g/mol. The first kappa shape index (κ1) is 13.9. The van der Waals surface area contributed by atoms with Crippen LogP contribution in [0, 0.1) is 12.5 Å². The zero-order valence-corrected chi connectivity index (χ0v) is 13.5. The van der Waals surface area contributed by atoms with E-state index in [1.54, 1.807) is 0 Å². The Balaban J connectivity index is 1.96. The molecule has 0 atom stereocenters. The summed E-state index contributed by atoms with van der Waals surface area (Å²) < 4.78 is 1.94. The van der Waals surface area contributed by atoms with E-state index in [4.69, 9.17) is 15.5 Å². The number of H-pyrrole nitrogens is 1. The number of para-hydroxylation sites is 1. The second kappa shape index (κ2) is 4.98. The van der Waals surface area contributed by atoms with E-state index < -0.39 is 0 Å². The molecule has 5 aromatic rings. The fraction of sp³-hybridized carbons (Fsp3) is 0.0526. The number of nitrogens with one attached hydrogen (secondary N) is 2. The second-order valence-corrected chi connectivity index (χ2v) is 6.01. The van der Waals surface area contributed by atoms with Crippen molar-refractivity contribution in [3.63, 3.8) is 0 Å². The van der Waals surface area contributed by atoms with Crippen LogP contribution in [-0.4, -0.2) is 19.7 Å². The molecule has 3 aromatic carbocycles. The van der Waals surface area contributed by atoms with E-state index in [-0.39, 0.29) is 0 Å². The molecule has 6 nitrogen and oxygen atoms in total. The third-order valence-electron chi connectivity index (χ3n) is 4.51. The van der Waals surface area contributed by atoms with Crippen molar-refractivity contribution in [3.05, 3.63) is 60.3 Å². The molecule has 25 heavy (non-hydrogen) atoms. The van der Waals surface area contributed by atoms with E-state index in [0.29, 0.717) is 11.2 Å². The van der Waals surface area contributed by atoms with E-state index in [1.807, 2.05) is 66.2 Å². The minimum Gasteiger partial charge on any atom is -0.294 e. The highest BCUT2D eigenvalue weighted by atomic mass is 15.3. The van der Waals surface area contributed by atoms with Gasteiger partial charge in [0, 0.05) is 10.8 Å². The van der Waals surface area contributed by atoms with Gasteiger partial charge < -0.3 is 0 Å². The molecular formula is C19H14N6. The number of hydrogen-bond acceptors (Lipinski definition) is 4. The Morgan fingerprint density at radius 1 is 0.880 bits per heavy atom. The summed E-state index contributed by atoms with van der Waals surface area (Å²) in [5.74, 6) is 0. The van der Waals surface area contributed by atoms with Crippen molar-refractivity contribution in [1.82, 2.24) is 19.7 Å². The second-order valence-electron chi connectivity index (χ2n) is 6.01. The molecule has 0 amide bonds. The van der Waals surface area contributed by atoms with Crippen LogP contribution in [0.15, 0.2) is 59.7 Å². The SMILES string of the molecule is Cc1[nH]n(-c2ccccc2)c2nc3c(nc12)c(N=N)c1ccccc13.